The van der Waals surface area contributed by atoms with E-state index < -0.39 is 0 Å². The standard InChI is InChI=1S/C6H6.W.Y/c1-5(2)6(3)4;;/h1,3H,2,4H2;;/q-4;+2;. The summed E-state index contributed by atoms with van der Waals surface area (Å²) < 4.78 is 0. The van der Waals surface area contributed by atoms with Gasteiger partial charge in [-0.2, -0.15) is 0 Å². The van der Waals surface area contributed by atoms with Crippen LogP contribution in [0.4, 0.5) is 0 Å². The Morgan fingerprint density at radius 3 is 1.12 bits per heavy atom. The maximum absolute atomic E-state index is 5.02. The van der Waals surface area contributed by atoms with Crippen LogP contribution in [0.5, 0.6) is 0 Å². The molecule has 2 heteroatoms. The average molecular weight is 351 g/mol. The Kier molecular flexibility index (Phi) is 16.0. The molecule has 1 radical (unpaired) electrons. The molecule has 0 spiro atoms. The first-order valence-corrected chi connectivity index (χ1v) is 1.53. The van der Waals surface area contributed by atoms with Crippen LogP contribution in [0.2, 0.25) is 0 Å². The maximum atomic E-state index is 5.02. The summed E-state index contributed by atoms with van der Waals surface area (Å²) in [6.45, 7) is 16.6. The molecule has 0 aliphatic carbocycles. The Morgan fingerprint density at radius 1 is 1.00 bits per heavy atom. The molecule has 0 aromatic heterocycles. The summed E-state index contributed by atoms with van der Waals surface area (Å²) in [7, 11) is 0. The van der Waals surface area contributed by atoms with Crippen LogP contribution in [-0.4, -0.2) is 0 Å². The number of allylic oxidation sites excluding steroid dienone is 2. The van der Waals surface area contributed by atoms with Gasteiger partial charge < -0.3 is 38.2 Å². The molecule has 0 saturated heterocycles. The first kappa shape index (κ1) is 16.0. The summed E-state index contributed by atoms with van der Waals surface area (Å²) in [5.41, 5.74) is 0.685. The zero-order valence-corrected chi connectivity index (χ0v) is 10.3. The molecule has 0 rings (SSSR count). The summed E-state index contributed by atoms with van der Waals surface area (Å²) in [6.07, 6.45) is 0. The van der Waals surface area contributed by atoms with E-state index in [1.54, 1.807) is 0 Å². The Bertz CT molecular complexity index is 74.5. The van der Waals surface area contributed by atoms with Crippen LogP contribution in [0.1, 0.15) is 0 Å². The number of rotatable bonds is 1. The average Bonchev–Trinajstić information content (AvgIpc) is 1.36. The van der Waals surface area contributed by atoms with E-state index in [2.05, 4.69) is 13.8 Å². The molecule has 0 aliphatic heterocycles. The third-order valence-corrected chi connectivity index (χ3v) is 0.412. The zero-order chi connectivity index (χ0) is 5.15. The van der Waals surface area contributed by atoms with Gasteiger partial charge >= 0.3 is 21.1 Å². The van der Waals surface area contributed by atoms with E-state index >= 15 is 0 Å². The van der Waals surface area contributed by atoms with Crippen molar-refractivity contribution in [1.82, 2.24) is 0 Å². The Hall–Kier alpha value is 1.01. The van der Waals surface area contributed by atoms with Crippen LogP contribution >= 0.6 is 0 Å². The van der Waals surface area contributed by atoms with Crippen LogP contribution in [0.15, 0.2) is 11.1 Å². The summed E-state index contributed by atoms with van der Waals surface area (Å²) in [5, 5.41) is 0. The summed E-state index contributed by atoms with van der Waals surface area (Å²) in [5.74, 6) is 0. The van der Waals surface area contributed by atoms with E-state index in [4.69, 9.17) is 13.2 Å². The minimum atomic E-state index is 0. The molecule has 0 N–H and O–H groups in total. The van der Waals surface area contributed by atoms with Gasteiger partial charge in [-0.05, 0) is 0 Å². The molecule has 0 atom stereocenters. The predicted molar refractivity (Wildman–Crippen MR) is 26.3 cm³/mol. The largest absolute Gasteiger partial charge is 2.00 e. The van der Waals surface area contributed by atoms with Crippen LogP contribution in [0.3, 0.4) is 0 Å². The second-order valence-electron chi connectivity index (χ2n) is 1.05. The third kappa shape index (κ3) is 10.1. The van der Waals surface area contributed by atoms with Crippen molar-refractivity contribution in [1.29, 1.82) is 0 Å². The van der Waals surface area contributed by atoms with E-state index in [1.165, 1.54) is 0 Å². The maximum Gasteiger partial charge on any atom is 2.00 e. The third-order valence-electron chi connectivity index (χ3n) is 0.412. The van der Waals surface area contributed by atoms with E-state index in [0.29, 0.717) is 11.1 Å². The van der Waals surface area contributed by atoms with Gasteiger partial charge in [-0.15, -0.1) is 0 Å². The fraction of sp³-hybridized carbons (Fsp3) is 0. The quantitative estimate of drug-likeness (QED) is 0.495. The molecule has 0 aliphatic rings. The molecule has 0 saturated carbocycles. The van der Waals surface area contributed by atoms with Crippen LogP contribution < -0.4 is 0 Å². The zero-order valence-electron chi connectivity index (χ0n) is 4.55. The monoisotopic (exact) mass is 351 g/mol. The van der Waals surface area contributed by atoms with Crippen molar-refractivity contribution in [3.8, 4) is 0 Å². The minimum Gasteiger partial charge on any atom is -0.610 e. The van der Waals surface area contributed by atoms with Crippen LogP contribution in [-0.2, 0) is 53.8 Å². The fourth-order valence-corrected chi connectivity index (χ4v) is 0. The molecule has 0 aromatic rings. The second kappa shape index (κ2) is 8.01. The second-order valence-corrected chi connectivity index (χ2v) is 1.05. The van der Waals surface area contributed by atoms with Crippen molar-refractivity contribution in [2.45, 2.75) is 0 Å². The van der Waals surface area contributed by atoms with Crippen LogP contribution in [0, 0.1) is 27.0 Å². The SMILES string of the molecule is [CH-]=C([CH2-])C(=[CH-])[CH2-].[W+2].[Y]. The Balaban J connectivity index is -0.000000125. The van der Waals surface area contributed by atoms with E-state index in [0.717, 1.165) is 0 Å². The van der Waals surface area contributed by atoms with E-state index in [9.17, 15) is 0 Å². The van der Waals surface area contributed by atoms with Gasteiger partial charge in [-0.3, -0.25) is 0 Å². The van der Waals surface area contributed by atoms with Gasteiger partial charge in [0.05, 0.1) is 0 Å². The van der Waals surface area contributed by atoms with Crippen molar-refractivity contribution in [3.63, 3.8) is 0 Å². The molecule has 0 aromatic carbocycles. The summed E-state index contributed by atoms with van der Waals surface area (Å²) in [6, 6.07) is 0. The van der Waals surface area contributed by atoms with E-state index in [1.807, 2.05) is 0 Å². The first-order valence-electron chi connectivity index (χ1n) is 1.53. The molecule has 0 nitrogen and oxygen atoms in total. The van der Waals surface area contributed by atoms with Crippen molar-refractivity contribution in [2.75, 3.05) is 0 Å². The molecule has 41 valence electrons. The van der Waals surface area contributed by atoms with Gasteiger partial charge in [0.2, 0.25) is 0 Å². The van der Waals surface area contributed by atoms with Gasteiger partial charge in [-0.1, -0.05) is 0 Å². The summed E-state index contributed by atoms with van der Waals surface area (Å²) in [4.78, 5) is 0. The molecular formula is C6H6WY-2. The van der Waals surface area contributed by atoms with Crippen molar-refractivity contribution < 1.29 is 53.8 Å². The molecule has 0 amide bonds. The minimum absolute atomic E-state index is 0. The molecule has 0 unspecified atom stereocenters. The molecule has 0 fully saturated rings. The van der Waals surface area contributed by atoms with Gasteiger partial charge in [0.25, 0.3) is 0 Å². The molecule has 0 heterocycles. The van der Waals surface area contributed by atoms with Gasteiger partial charge in [0.15, 0.2) is 0 Å². The fourth-order valence-electron chi connectivity index (χ4n) is 0. The van der Waals surface area contributed by atoms with Gasteiger partial charge in [-0.25, -0.2) is 0 Å². The normalized spacial score (nSPS) is 5.50. The van der Waals surface area contributed by atoms with Crippen molar-refractivity contribution >= 4 is 0 Å². The molecular weight excluding hydrogens is 345 g/mol. The predicted octanol–water partition coefficient (Wildman–Crippen LogP) is 1.37. The Morgan fingerprint density at radius 2 is 1.12 bits per heavy atom. The number of hydrogen-bond acceptors (Lipinski definition) is 0. The van der Waals surface area contributed by atoms with Crippen LogP contribution in [0.25, 0.3) is 0 Å². The molecule has 8 heavy (non-hydrogen) atoms. The smallest absolute Gasteiger partial charge is 0.610 e. The number of hydrogen-bond donors (Lipinski definition) is 0. The van der Waals surface area contributed by atoms with Gasteiger partial charge in [0.1, 0.15) is 0 Å². The molecule has 0 bridgehead atoms. The van der Waals surface area contributed by atoms with Crippen molar-refractivity contribution in [2.24, 2.45) is 0 Å². The topological polar surface area (TPSA) is 0 Å². The van der Waals surface area contributed by atoms with Gasteiger partial charge in [0, 0.05) is 32.7 Å². The Labute approximate surface area is 91.0 Å². The van der Waals surface area contributed by atoms with E-state index in [-0.39, 0.29) is 53.8 Å². The van der Waals surface area contributed by atoms with Crippen molar-refractivity contribution in [3.05, 3.63) is 38.2 Å². The first-order chi connectivity index (χ1) is 2.64. The summed E-state index contributed by atoms with van der Waals surface area (Å²) >= 11 is 0.